The van der Waals surface area contributed by atoms with Gasteiger partial charge in [0.1, 0.15) is 12.6 Å². The molecule has 7 heteroatoms. The zero-order chi connectivity index (χ0) is 12.6. The summed E-state index contributed by atoms with van der Waals surface area (Å²) in [4.78, 5) is 32.5. The molecule has 90 valence electrons. The van der Waals surface area contributed by atoms with E-state index in [1.165, 1.54) is 6.08 Å². The lowest BCUT2D eigenvalue weighted by molar-refractivity contribution is -0.147. The molecule has 0 spiro atoms. The molecule has 1 amide bonds. The van der Waals surface area contributed by atoms with Crippen LogP contribution in [-0.4, -0.2) is 42.9 Å². The molecule has 0 fully saturated rings. The largest absolute Gasteiger partial charge is 0.480 e. The third-order valence-electron chi connectivity index (χ3n) is 1.52. The molecule has 16 heavy (non-hydrogen) atoms. The molecule has 0 aromatic carbocycles. The Bertz CT molecular complexity index is 288. The van der Waals surface area contributed by atoms with Gasteiger partial charge in [0, 0.05) is 0 Å². The first kappa shape index (κ1) is 13.9. The molecule has 0 bridgehead atoms. The number of esters is 1. The van der Waals surface area contributed by atoms with Crippen molar-refractivity contribution in [1.29, 1.82) is 0 Å². The quantitative estimate of drug-likeness (QED) is 0.489. The van der Waals surface area contributed by atoms with E-state index in [1.54, 1.807) is 0 Å². The molecule has 0 aromatic heterocycles. The number of carboxylic acids is 1. The Balaban J connectivity index is 4.22. The maximum absolute atomic E-state index is 11.0. The Morgan fingerprint density at radius 2 is 2.12 bits per heavy atom. The normalized spacial score (nSPS) is 11.1. The van der Waals surface area contributed by atoms with Crippen LogP contribution in [-0.2, 0) is 19.1 Å². The number of rotatable bonds is 6. The SMILES string of the molecule is C=CCOC(=O)N[C@@H](CC(=O)OC)C(=O)O. The first-order chi connectivity index (χ1) is 7.51. The van der Waals surface area contributed by atoms with E-state index < -0.39 is 30.5 Å². The molecular weight excluding hydrogens is 218 g/mol. The first-order valence-corrected chi connectivity index (χ1v) is 4.35. The van der Waals surface area contributed by atoms with Crippen molar-refractivity contribution in [2.45, 2.75) is 12.5 Å². The summed E-state index contributed by atoms with van der Waals surface area (Å²) >= 11 is 0. The van der Waals surface area contributed by atoms with Gasteiger partial charge in [-0.3, -0.25) is 4.79 Å². The van der Waals surface area contributed by atoms with Gasteiger partial charge in [0.2, 0.25) is 0 Å². The van der Waals surface area contributed by atoms with Gasteiger partial charge in [-0.2, -0.15) is 0 Å². The van der Waals surface area contributed by atoms with Gasteiger partial charge in [0.05, 0.1) is 13.5 Å². The van der Waals surface area contributed by atoms with E-state index in [4.69, 9.17) is 5.11 Å². The average molecular weight is 231 g/mol. The van der Waals surface area contributed by atoms with Crippen LogP contribution < -0.4 is 5.32 Å². The summed E-state index contributed by atoms with van der Waals surface area (Å²) < 4.78 is 8.79. The van der Waals surface area contributed by atoms with Crippen LogP contribution in [0.25, 0.3) is 0 Å². The van der Waals surface area contributed by atoms with Gasteiger partial charge < -0.3 is 19.9 Å². The van der Waals surface area contributed by atoms with Crippen LogP contribution in [0.3, 0.4) is 0 Å². The summed E-state index contributed by atoms with van der Waals surface area (Å²) in [6.45, 7) is 3.27. The molecule has 0 aromatic rings. The molecule has 7 nitrogen and oxygen atoms in total. The zero-order valence-corrected chi connectivity index (χ0v) is 8.76. The van der Waals surface area contributed by atoms with E-state index in [0.717, 1.165) is 7.11 Å². The molecule has 2 N–H and O–H groups in total. The predicted octanol–water partition coefficient (Wildman–Crippen LogP) is -0.0851. The number of alkyl carbamates (subject to hydrolysis) is 1. The highest BCUT2D eigenvalue weighted by atomic mass is 16.5. The topological polar surface area (TPSA) is 102 Å². The second kappa shape index (κ2) is 7.27. The van der Waals surface area contributed by atoms with E-state index in [2.05, 4.69) is 16.1 Å². The van der Waals surface area contributed by atoms with E-state index in [9.17, 15) is 14.4 Å². The summed E-state index contributed by atoms with van der Waals surface area (Å²) in [5, 5.41) is 10.7. The van der Waals surface area contributed by atoms with Crippen LogP contribution in [0.2, 0.25) is 0 Å². The number of ether oxygens (including phenoxy) is 2. The lowest BCUT2D eigenvalue weighted by atomic mass is 10.2. The van der Waals surface area contributed by atoms with Crippen LogP contribution in [0.5, 0.6) is 0 Å². The Morgan fingerprint density at radius 1 is 1.50 bits per heavy atom. The number of carbonyl (C=O) groups is 3. The highest BCUT2D eigenvalue weighted by molar-refractivity contribution is 5.85. The number of carboxylic acid groups (broad SMARTS) is 1. The van der Waals surface area contributed by atoms with Crippen LogP contribution in [0.4, 0.5) is 4.79 Å². The fourth-order valence-electron chi connectivity index (χ4n) is 0.769. The van der Waals surface area contributed by atoms with Gasteiger partial charge in [-0.1, -0.05) is 12.7 Å². The molecular formula is C9H13NO6. The lowest BCUT2D eigenvalue weighted by Gasteiger charge is -2.12. The van der Waals surface area contributed by atoms with Crippen molar-refractivity contribution in [2.75, 3.05) is 13.7 Å². The van der Waals surface area contributed by atoms with Gasteiger partial charge in [-0.05, 0) is 0 Å². The van der Waals surface area contributed by atoms with E-state index in [0.29, 0.717) is 0 Å². The number of hydrogen-bond acceptors (Lipinski definition) is 5. The number of carbonyl (C=O) groups excluding carboxylic acids is 2. The zero-order valence-electron chi connectivity index (χ0n) is 8.76. The highest BCUT2D eigenvalue weighted by Crippen LogP contribution is 1.96. The fourth-order valence-corrected chi connectivity index (χ4v) is 0.769. The average Bonchev–Trinajstić information content (AvgIpc) is 2.24. The Morgan fingerprint density at radius 3 is 2.56 bits per heavy atom. The van der Waals surface area contributed by atoms with Crippen molar-refractivity contribution >= 4 is 18.0 Å². The van der Waals surface area contributed by atoms with Crippen molar-refractivity contribution in [1.82, 2.24) is 5.32 Å². The molecule has 0 saturated carbocycles. The monoisotopic (exact) mass is 231 g/mol. The maximum atomic E-state index is 11.0. The maximum Gasteiger partial charge on any atom is 0.408 e. The molecule has 0 aliphatic carbocycles. The third kappa shape index (κ3) is 5.63. The smallest absolute Gasteiger partial charge is 0.408 e. The van der Waals surface area contributed by atoms with Crippen molar-refractivity contribution in [3.8, 4) is 0 Å². The number of aliphatic carboxylic acids is 1. The first-order valence-electron chi connectivity index (χ1n) is 4.35. The summed E-state index contributed by atoms with van der Waals surface area (Å²) in [6.07, 6.45) is -0.0683. The van der Waals surface area contributed by atoms with Gasteiger partial charge in [0.25, 0.3) is 0 Å². The molecule has 0 aliphatic rings. The van der Waals surface area contributed by atoms with Gasteiger partial charge in [-0.15, -0.1) is 0 Å². The van der Waals surface area contributed by atoms with Crippen molar-refractivity contribution in [3.05, 3.63) is 12.7 Å². The van der Waals surface area contributed by atoms with Gasteiger partial charge in [0.15, 0.2) is 0 Å². The Labute approximate surface area is 92.0 Å². The second-order valence-corrected chi connectivity index (χ2v) is 2.70. The summed E-state index contributed by atoms with van der Waals surface area (Å²) in [5.41, 5.74) is 0. The van der Waals surface area contributed by atoms with E-state index >= 15 is 0 Å². The molecule has 0 rings (SSSR count). The minimum atomic E-state index is -1.37. The minimum Gasteiger partial charge on any atom is -0.480 e. The third-order valence-corrected chi connectivity index (χ3v) is 1.52. The van der Waals surface area contributed by atoms with Gasteiger partial charge >= 0.3 is 18.0 Å². The van der Waals surface area contributed by atoms with Crippen LogP contribution in [0.15, 0.2) is 12.7 Å². The number of nitrogens with one attached hydrogen (secondary N) is 1. The Hall–Kier alpha value is -2.05. The molecule has 1 atom stereocenters. The highest BCUT2D eigenvalue weighted by Gasteiger charge is 2.24. The molecule has 0 aliphatic heterocycles. The van der Waals surface area contributed by atoms with Crippen LogP contribution >= 0.6 is 0 Å². The summed E-state index contributed by atoms with van der Waals surface area (Å²) in [6, 6.07) is -1.37. The number of methoxy groups -OCH3 is 1. The van der Waals surface area contributed by atoms with Crippen molar-refractivity contribution in [2.24, 2.45) is 0 Å². The Kier molecular flexibility index (Phi) is 6.34. The number of amides is 1. The van der Waals surface area contributed by atoms with Crippen molar-refractivity contribution < 1.29 is 29.0 Å². The second-order valence-electron chi connectivity index (χ2n) is 2.70. The molecule has 0 saturated heterocycles. The predicted molar refractivity (Wildman–Crippen MR) is 52.7 cm³/mol. The standard InChI is InChI=1S/C9H13NO6/c1-3-4-16-9(14)10-6(8(12)13)5-7(11)15-2/h3,6H,1,4-5H2,2H3,(H,10,14)(H,12,13)/t6-/m0/s1. The molecule has 0 unspecified atom stereocenters. The molecule has 0 heterocycles. The van der Waals surface area contributed by atoms with Gasteiger partial charge in [-0.25, -0.2) is 9.59 Å². The van der Waals surface area contributed by atoms with Crippen LogP contribution in [0, 0.1) is 0 Å². The minimum absolute atomic E-state index is 0.0452. The van der Waals surface area contributed by atoms with E-state index in [1.807, 2.05) is 5.32 Å². The lowest BCUT2D eigenvalue weighted by Crippen LogP contribution is -2.42. The molecule has 0 radical (unpaired) electrons. The summed E-state index contributed by atoms with van der Waals surface area (Å²) in [7, 11) is 1.12. The summed E-state index contributed by atoms with van der Waals surface area (Å²) in [5.74, 6) is -2.09. The number of hydrogen-bond donors (Lipinski definition) is 2. The fraction of sp³-hybridized carbons (Fsp3) is 0.444. The van der Waals surface area contributed by atoms with E-state index in [-0.39, 0.29) is 6.61 Å². The van der Waals surface area contributed by atoms with Crippen LogP contribution in [0.1, 0.15) is 6.42 Å². The van der Waals surface area contributed by atoms with Crippen molar-refractivity contribution in [3.63, 3.8) is 0 Å².